The van der Waals surface area contributed by atoms with Crippen LogP contribution >= 0.6 is 11.6 Å². The van der Waals surface area contributed by atoms with E-state index in [2.05, 4.69) is 5.32 Å². The van der Waals surface area contributed by atoms with Gasteiger partial charge in [-0.15, -0.1) is 0 Å². The van der Waals surface area contributed by atoms with Gasteiger partial charge < -0.3 is 19.5 Å². The summed E-state index contributed by atoms with van der Waals surface area (Å²) in [7, 11) is 0. The van der Waals surface area contributed by atoms with Crippen LogP contribution in [0.1, 0.15) is 10.4 Å². The molecule has 30 heavy (non-hydrogen) atoms. The molecular formula is C17H12ClN3O9. The number of hydrogen-bond acceptors (Lipinski definition) is 9. The number of nitrogens with one attached hydrogen (secondary N) is 1. The summed E-state index contributed by atoms with van der Waals surface area (Å²) in [5, 5.41) is 24.3. The number of esters is 1. The molecule has 1 amide bonds. The highest BCUT2D eigenvalue weighted by Crippen LogP contribution is 2.37. The van der Waals surface area contributed by atoms with Crippen molar-refractivity contribution >= 4 is 40.5 Å². The number of amides is 1. The normalized spacial score (nSPS) is 12.0. The Labute approximate surface area is 172 Å². The van der Waals surface area contributed by atoms with Crippen LogP contribution in [0.15, 0.2) is 30.3 Å². The predicted molar refractivity (Wildman–Crippen MR) is 101 cm³/mol. The zero-order chi connectivity index (χ0) is 21.8. The molecule has 2 aromatic carbocycles. The van der Waals surface area contributed by atoms with Crippen LogP contribution in [0, 0.1) is 20.2 Å². The Bertz CT molecular complexity index is 1060. The number of fused-ring (bicyclic) bond motifs is 1. The summed E-state index contributed by atoms with van der Waals surface area (Å²) in [6.07, 6.45) is 0. The van der Waals surface area contributed by atoms with Crippen molar-refractivity contribution in [1.29, 1.82) is 0 Å². The Hall–Kier alpha value is -3.93. The van der Waals surface area contributed by atoms with E-state index in [4.69, 9.17) is 25.8 Å². The minimum Gasteiger partial charge on any atom is -0.486 e. The van der Waals surface area contributed by atoms with Crippen LogP contribution in [0.25, 0.3) is 0 Å². The molecule has 1 heterocycles. The quantitative estimate of drug-likeness (QED) is 0.407. The molecule has 2 aromatic rings. The van der Waals surface area contributed by atoms with E-state index >= 15 is 0 Å². The molecule has 0 atom stereocenters. The first-order valence-electron chi connectivity index (χ1n) is 8.25. The standard InChI is InChI=1S/C17H12ClN3O9/c18-11-2-1-9(5-13(11)21(26)27)19-16(22)8-30-17(23)10-6-14-15(29-4-3-28-14)7-12(10)20(24)25/h1-2,5-7H,3-4,8H2,(H,19,22). The van der Waals surface area contributed by atoms with Crippen molar-refractivity contribution in [3.8, 4) is 11.5 Å². The molecule has 0 bridgehead atoms. The second-order valence-corrected chi connectivity index (χ2v) is 6.22. The Kier molecular flexibility index (Phi) is 5.97. The molecule has 1 aliphatic rings. The van der Waals surface area contributed by atoms with Crippen molar-refractivity contribution in [3.63, 3.8) is 0 Å². The number of hydrogen-bond donors (Lipinski definition) is 1. The van der Waals surface area contributed by atoms with Gasteiger partial charge in [0.05, 0.1) is 15.9 Å². The lowest BCUT2D eigenvalue weighted by Gasteiger charge is -2.18. The van der Waals surface area contributed by atoms with E-state index < -0.39 is 45.3 Å². The molecule has 3 rings (SSSR count). The Balaban J connectivity index is 1.70. The first-order chi connectivity index (χ1) is 14.3. The largest absolute Gasteiger partial charge is 0.486 e. The predicted octanol–water partition coefficient (Wildman–Crippen LogP) is 2.72. The second-order valence-electron chi connectivity index (χ2n) is 5.82. The molecule has 0 radical (unpaired) electrons. The highest BCUT2D eigenvalue weighted by molar-refractivity contribution is 6.32. The highest BCUT2D eigenvalue weighted by Gasteiger charge is 2.27. The molecule has 0 unspecified atom stereocenters. The summed E-state index contributed by atoms with van der Waals surface area (Å²) < 4.78 is 15.4. The number of anilines is 1. The number of ether oxygens (including phenoxy) is 3. The summed E-state index contributed by atoms with van der Waals surface area (Å²) in [6, 6.07) is 5.72. The molecule has 13 heteroatoms. The number of carbonyl (C=O) groups excluding carboxylic acids is 2. The van der Waals surface area contributed by atoms with Crippen LogP contribution in [0.5, 0.6) is 11.5 Å². The number of nitro groups is 2. The monoisotopic (exact) mass is 437 g/mol. The molecule has 0 saturated heterocycles. The Morgan fingerprint density at radius 2 is 1.67 bits per heavy atom. The maximum Gasteiger partial charge on any atom is 0.345 e. The van der Waals surface area contributed by atoms with Crippen molar-refractivity contribution in [2.45, 2.75) is 0 Å². The topological polar surface area (TPSA) is 160 Å². The van der Waals surface area contributed by atoms with Crippen LogP contribution in [0.2, 0.25) is 5.02 Å². The zero-order valence-electron chi connectivity index (χ0n) is 15.0. The fourth-order valence-corrected chi connectivity index (χ4v) is 2.72. The van der Waals surface area contributed by atoms with Gasteiger partial charge >= 0.3 is 5.97 Å². The fraction of sp³-hybridized carbons (Fsp3) is 0.176. The van der Waals surface area contributed by atoms with Crippen LogP contribution in [0.4, 0.5) is 17.1 Å². The lowest BCUT2D eigenvalue weighted by Crippen LogP contribution is -2.22. The minimum absolute atomic E-state index is 0.0532. The third-order valence-electron chi connectivity index (χ3n) is 3.84. The number of halogens is 1. The number of benzene rings is 2. The number of rotatable bonds is 6. The number of nitrogens with zero attached hydrogens (tertiary/aromatic N) is 2. The van der Waals surface area contributed by atoms with Gasteiger partial charge in [0, 0.05) is 17.8 Å². The Morgan fingerprint density at radius 3 is 2.30 bits per heavy atom. The summed E-state index contributed by atoms with van der Waals surface area (Å²) >= 11 is 5.69. The molecule has 0 saturated carbocycles. The van der Waals surface area contributed by atoms with E-state index in [-0.39, 0.29) is 35.4 Å². The van der Waals surface area contributed by atoms with Crippen LogP contribution in [-0.2, 0) is 9.53 Å². The molecule has 0 fully saturated rings. The van der Waals surface area contributed by atoms with Gasteiger partial charge in [0.15, 0.2) is 18.1 Å². The van der Waals surface area contributed by atoms with Gasteiger partial charge in [-0.2, -0.15) is 0 Å². The summed E-state index contributed by atoms with van der Waals surface area (Å²) in [4.78, 5) is 44.9. The summed E-state index contributed by atoms with van der Waals surface area (Å²) in [5.41, 5.74) is -1.35. The average molecular weight is 438 g/mol. The molecule has 1 aliphatic heterocycles. The van der Waals surface area contributed by atoms with E-state index in [9.17, 15) is 29.8 Å². The number of nitro benzene ring substituents is 2. The van der Waals surface area contributed by atoms with Crippen molar-refractivity contribution in [3.05, 3.63) is 61.1 Å². The summed E-state index contributed by atoms with van der Waals surface area (Å²) in [5.74, 6) is -1.70. The zero-order valence-corrected chi connectivity index (χ0v) is 15.7. The molecule has 12 nitrogen and oxygen atoms in total. The van der Waals surface area contributed by atoms with Gasteiger partial charge in [0.1, 0.15) is 23.8 Å². The van der Waals surface area contributed by atoms with Crippen molar-refractivity contribution in [1.82, 2.24) is 0 Å². The van der Waals surface area contributed by atoms with E-state index in [0.717, 1.165) is 18.2 Å². The average Bonchev–Trinajstić information content (AvgIpc) is 2.72. The lowest BCUT2D eigenvalue weighted by molar-refractivity contribution is -0.385. The molecule has 156 valence electrons. The first kappa shape index (κ1) is 20.8. The fourth-order valence-electron chi connectivity index (χ4n) is 2.53. The highest BCUT2D eigenvalue weighted by atomic mass is 35.5. The van der Waals surface area contributed by atoms with Crippen molar-refractivity contribution < 1.29 is 33.6 Å². The maximum absolute atomic E-state index is 12.3. The van der Waals surface area contributed by atoms with Gasteiger partial charge in [0.25, 0.3) is 17.3 Å². The SMILES string of the molecule is O=C(COC(=O)c1cc2c(cc1[N+](=O)[O-])OCCO2)Nc1ccc(Cl)c([N+](=O)[O-])c1. The van der Waals surface area contributed by atoms with Crippen LogP contribution < -0.4 is 14.8 Å². The van der Waals surface area contributed by atoms with Crippen LogP contribution in [-0.4, -0.2) is 41.5 Å². The molecule has 0 spiro atoms. The van der Waals surface area contributed by atoms with Gasteiger partial charge in [-0.1, -0.05) is 11.6 Å². The lowest BCUT2D eigenvalue weighted by atomic mass is 10.1. The third kappa shape index (κ3) is 4.55. The van der Waals surface area contributed by atoms with Gasteiger partial charge in [0.2, 0.25) is 0 Å². The van der Waals surface area contributed by atoms with E-state index in [1.54, 1.807) is 0 Å². The van der Waals surface area contributed by atoms with Crippen molar-refractivity contribution in [2.75, 3.05) is 25.1 Å². The van der Waals surface area contributed by atoms with E-state index in [1.807, 2.05) is 0 Å². The van der Waals surface area contributed by atoms with Crippen molar-refractivity contribution in [2.24, 2.45) is 0 Å². The van der Waals surface area contributed by atoms with E-state index in [0.29, 0.717) is 0 Å². The molecule has 1 N–H and O–H groups in total. The first-order valence-corrected chi connectivity index (χ1v) is 8.63. The molecular weight excluding hydrogens is 426 g/mol. The molecule has 0 aliphatic carbocycles. The Morgan fingerprint density at radius 1 is 1.03 bits per heavy atom. The van der Waals surface area contributed by atoms with Gasteiger partial charge in [-0.25, -0.2) is 4.79 Å². The molecule has 0 aromatic heterocycles. The maximum atomic E-state index is 12.3. The summed E-state index contributed by atoms with van der Waals surface area (Å²) in [6.45, 7) is -0.382. The van der Waals surface area contributed by atoms with Crippen LogP contribution in [0.3, 0.4) is 0 Å². The smallest absolute Gasteiger partial charge is 0.345 e. The van der Waals surface area contributed by atoms with Gasteiger partial charge in [-0.05, 0) is 12.1 Å². The van der Waals surface area contributed by atoms with Gasteiger partial charge in [-0.3, -0.25) is 25.0 Å². The van der Waals surface area contributed by atoms with E-state index in [1.165, 1.54) is 12.1 Å². The third-order valence-corrected chi connectivity index (χ3v) is 4.16. The minimum atomic E-state index is -1.13. The second kappa shape index (κ2) is 8.61. The number of carbonyl (C=O) groups is 2.